The fraction of sp³-hybridized carbons (Fsp3) is 0.318. The van der Waals surface area contributed by atoms with E-state index < -0.39 is 0 Å². The Hall–Kier alpha value is -2.84. The largest absolute Gasteiger partial charge is 0.486 e. The van der Waals surface area contributed by atoms with Crippen molar-refractivity contribution in [3.63, 3.8) is 0 Å². The minimum atomic E-state index is -0.136. The molecule has 0 atom stereocenters. The number of halogens is 1. The van der Waals surface area contributed by atoms with Gasteiger partial charge in [-0.05, 0) is 56.2 Å². The maximum Gasteiger partial charge on any atom is 0.289 e. The van der Waals surface area contributed by atoms with E-state index >= 15 is 0 Å². The molecule has 0 spiro atoms. The molecular formula is C22H22ClN3O4S. The lowest BCUT2D eigenvalue weighted by Crippen LogP contribution is -2.46. The van der Waals surface area contributed by atoms with Gasteiger partial charge in [-0.25, -0.2) is 4.98 Å². The fourth-order valence-electron chi connectivity index (χ4n) is 3.43. The van der Waals surface area contributed by atoms with Gasteiger partial charge in [-0.2, -0.15) is 0 Å². The summed E-state index contributed by atoms with van der Waals surface area (Å²) >= 11 is 7.21. The Balaban J connectivity index is 1.29. The molecule has 1 aliphatic rings. The molecule has 0 unspecified atom stereocenters. The first-order chi connectivity index (χ1) is 15.0. The monoisotopic (exact) mass is 459 g/mol. The zero-order chi connectivity index (χ0) is 21.8. The number of ether oxygens (including phenoxy) is 1. The van der Waals surface area contributed by atoms with Gasteiger partial charge in [-0.15, -0.1) is 11.3 Å². The molecule has 0 bridgehead atoms. The molecule has 1 fully saturated rings. The number of furan rings is 1. The van der Waals surface area contributed by atoms with E-state index in [1.165, 1.54) is 17.6 Å². The highest BCUT2D eigenvalue weighted by atomic mass is 35.5. The highest BCUT2D eigenvalue weighted by molar-refractivity contribution is 7.13. The van der Waals surface area contributed by atoms with E-state index in [1.54, 1.807) is 41.3 Å². The second kappa shape index (κ2) is 9.53. The summed E-state index contributed by atoms with van der Waals surface area (Å²) in [6, 6.07) is 10.5. The molecular weight excluding hydrogens is 438 g/mol. The number of benzene rings is 1. The summed E-state index contributed by atoms with van der Waals surface area (Å²) in [5.41, 5.74) is 0.683. The fourth-order valence-corrected chi connectivity index (χ4v) is 4.44. The predicted octanol–water partition coefficient (Wildman–Crippen LogP) is 4.31. The highest BCUT2D eigenvalue weighted by Gasteiger charge is 2.27. The van der Waals surface area contributed by atoms with Crippen LogP contribution in [0.25, 0.3) is 0 Å². The number of nitrogens with zero attached hydrogens (tertiary/aromatic N) is 2. The average Bonchev–Trinajstić information content (AvgIpc) is 3.43. The second-order valence-electron chi connectivity index (χ2n) is 7.28. The Morgan fingerprint density at radius 3 is 2.68 bits per heavy atom. The summed E-state index contributed by atoms with van der Waals surface area (Å²) < 4.78 is 10.9. The molecule has 1 saturated heterocycles. The van der Waals surface area contributed by atoms with Crippen LogP contribution in [0.2, 0.25) is 5.02 Å². The molecule has 9 heteroatoms. The number of aromatic nitrogens is 1. The van der Waals surface area contributed by atoms with Crippen LogP contribution >= 0.6 is 22.9 Å². The normalized spacial score (nSPS) is 14.5. The van der Waals surface area contributed by atoms with Crippen molar-refractivity contribution in [2.45, 2.75) is 32.4 Å². The van der Waals surface area contributed by atoms with Crippen LogP contribution in [-0.2, 0) is 6.61 Å². The molecule has 1 aliphatic heterocycles. The third-order valence-electron chi connectivity index (χ3n) is 5.07. The molecule has 7 nitrogen and oxygen atoms in total. The number of thiazole rings is 1. The maximum absolute atomic E-state index is 12.8. The van der Waals surface area contributed by atoms with Crippen LogP contribution in [0.1, 0.15) is 43.8 Å². The molecule has 1 aromatic carbocycles. The first kappa shape index (κ1) is 21.4. The number of carbonyl (C=O) groups is 2. The van der Waals surface area contributed by atoms with E-state index in [9.17, 15) is 9.59 Å². The number of rotatable bonds is 6. The van der Waals surface area contributed by atoms with Gasteiger partial charge in [0.05, 0.1) is 12.0 Å². The molecule has 0 saturated carbocycles. The second-order valence-corrected chi connectivity index (χ2v) is 8.80. The summed E-state index contributed by atoms with van der Waals surface area (Å²) in [4.78, 5) is 31.9. The Kier molecular flexibility index (Phi) is 6.58. The van der Waals surface area contributed by atoms with Gasteiger partial charge in [0, 0.05) is 24.2 Å². The first-order valence-corrected chi connectivity index (χ1v) is 11.2. The van der Waals surface area contributed by atoms with Gasteiger partial charge in [0.25, 0.3) is 11.8 Å². The van der Waals surface area contributed by atoms with E-state index in [1.807, 2.05) is 6.92 Å². The molecule has 4 rings (SSSR count). The van der Waals surface area contributed by atoms with Crippen LogP contribution in [0, 0.1) is 6.92 Å². The van der Waals surface area contributed by atoms with Gasteiger partial charge in [-0.3, -0.25) is 9.59 Å². The predicted molar refractivity (Wildman–Crippen MR) is 118 cm³/mol. The van der Waals surface area contributed by atoms with E-state index in [2.05, 4.69) is 10.3 Å². The van der Waals surface area contributed by atoms with Gasteiger partial charge in [-0.1, -0.05) is 11.6 Å². The lowest BCUT2D eigenvalue weighted by atomic mass is 10.0. The van der Waals surface area contributed by atoms with Gasteiger partial charge >= 0.3 is 0 Å². The van der Waals surface area contributed by atoms with Crippen LogP contribution in [0.3, 0.4) is 0 Å². The Morgan fingerprint density at radius 1 is 1.26 bits per heavy atom. The number of hydrogen-bond donors (Lipinski definition) is 1. The number of amides is 2. The van der Waals surface area contributed by atoms with Crippen molar-refractivity contribution >= 4 is 34.8 Å². The third-order valence-corrected chi connectivity index (χ3v) is 6.45. The first-order valence-electron chi connectivity index (χ1n) is 9.98. The summed E-state index contributed by atoms with van der Waals surface area (Å²) in [5.74, 6) is 0.789. The van der Waals surface area contributed by atoms with Crippen LogP contribution in [0.5, 0.6) is 5.75 Å². The smallest absolute Gasteiger partial charge is 0.289 e. The van der Waals surface area contributed by atoms with E-state index in [0.29, 0.717) is 53.0 Å². The van der Waals surface area contributed by atoms with Crippen LogP contribution < -0.4 is 10.1 Å². The minimum Gasteiger partial charge on any atom is -0.486 e. The Bertz CT molecular complexity index is 1040. The number of piperidine rings is 1. The van der Waals surface area contributed by atoms with Crippen molar-refractivity contribution in [1.29, 1.82) is 0 Å². The van der Waals surface area contributed by atoms with Crippen molar-refractivity contribution in [1.82, 2.24) is 15.2 Å². The molecule has 2 amide bonds. The van der Waals surface area contributed by atoms with E-state index in [-0.39, 0.29) is 24.5 Å². The number of hydrogen-bond acceptors (Lipinski definition) is 6. The van der Waals surface area contributed by atoms with Crippen LogP contribution in [-0.4, -0.2) is 40.8 Å². The number of nitrogens with one attached hydrogen (secondary N) is 1. The van der Waals surface area contributed by atoms with Crippen molar-refractivity contribution in [3.8, 4) is 5.75 Å². The standard InChI is InChI=1S/C22H22ClN3O4S/c1-14-20(31-19(24-14)13-30-17-6-4-15(23)5-7-17)21(27)25-16-8-10-26(11-9-16)22(28)18-3-2-12-29-18/h2-7,12,16H,8-11,13H2,1H3,(H,25,27). The van der Waals surface area contributed by atoms with Crippen molar-refractivity contribution in [3.05, 3.63) is 69.0 Å². The van der Waals surface area contributed by atoms with Gasteiger partial charge in [0.2, 0.25) is 0 Å². The molecule has 31 heavy (non-hydrogen) atoms. The summed E-state index contributed by atoms with van der Waals surface area (Å²) in [5, 5.41) is 4.46. The van der Waals surface area contributed by atoms with E-state index in [4.69, 9.17) is 20.8 Å². The SMILES string of the molecule is Cc1nc(COc2ccc(Cl)cc2)sc1C(=O)NC1CCN(C(=O)c2ccco2)CC1. The lowest BCUT2D eigenvalue weighted by molar-refractivity contribution is 0.0667. The topological polar surface area (TPSA) is 84.7 Å². The van der Waals surface area contributed by atoms with Crippen molar-refractivity contribution in [2.24, 2.45) is 0 Å². The number of aryl methyl sites for hydroxylation is 1. The van der Waals surface area contributed by atoms with Crippen LogP contribution in [0.4, 0.5) is 0 Å². The number of carbonyl (C=O) groups excluding carboxylic acids is 2. The molecule has 0 radical (unpaired) electrons. The molecule has 0 aliphatic carbocycles. The summed E-state index contributed by atoms with van der Waals surface area (Å²) in [6.45, 7) is 3.26. The average molecular weight is 460 g/mol. The molecule has 1 N–H and O–H groups in total. The maximum atomic E-state index is 12.8. The summed E-state index contributed by atoms with van der Waals surface area (Å²) in [7, 11) is 0. The third kappa shape index (κ3) is 5.26. The molecule has 3 aromatic rings. The zero-order valence-electron chi connectivity index (χ0n) is 17.0. The summed E-state index contributed by atoms with van der Waals surface area (Å²) in [6.07, 6.45) is 2.89. The van der Waals surface area contributed by atoms with E-state index in [0.717, 1.165) is 5.01 Å². The zero-order valence-corrected chi connectivity index (χ0v) is 18.5. The van der Waals surface area contributed by atoms with Gasteiger partial charge in [0.1, 0.15) is 22.2 Å². The lowest BCUT2D eigenvalue weighted by Gasteiger charge is -2.31. The molecule has 2 aromatic heterocycles. The quantitative estimate of drug-likeness (QED) is 0.593. The van der Waals surface area contributed by atoms with Crippen LogP contribution in [0.15, 0.2) is 47.1 Å². The van der Waals surface area contributed by atoms with Crippen molar-refractivity contribution in [2.75, 3.05) is 13.1 Å². The minimum absolute atomic E-state index is 0.0171. The van der Waals surface area contributed by atoms with Gasteiger partial charge < -0.3 is 19.4 Å². The van der Waals surface area contributed by atoms with Crippen molar-refractivity contribution < 1.29 is 18.7 Å². The Labute approximate surface area is 189 Å². The highest BCUT2D eigenvalue weighted by Crippen LogP contribution is 2.22. The molecule has 3 heterocycles. The van der Waals surface area contributed by atoms with Gasteiger partial charge in [0.15, 0.2) is 5.76 Å². The number of likely N-dealkylation sites (tertiary alicyclic amines) is 1. The Morgan fingerprint density at radius 2 is 2.00 bits per heavy atom. The molecule has 162 valence electrons.